The second-order valence-corrected chi connectivity index (χ2v) is 3.53. The van der Waals surface area contributed by atoms with Crippen LogP contribution in [0.5, 0.6) is 0 Å². The number of hydrogen-bond donors (Lipinski definition) is 2. The van der Waals surface area contributed by atoms with Crippen LogP contribution in [0.15, 0.2) is 24.4 Å². The topological polar surface area (TPSA) is 44.9 Å². The van der Waals surface area contributed by atoms with Gasteiger partial charge in [0.2, 0.25) is 0 Å². The Morgan fingerprint density at radius 3 is 3.07 bits per heavy atom. The van der Waals surface area contributed by atoms with Gasteiger partial charge in [0, 0.05) is 35.6 Å². The molecule has 1 aromatic carbocycles. The summed E-state index contributed by atoms with van der Waals surface area (Å²) in [7, 11) is 0. The van der Waals surface area contributed by atoms with Crippen LogP contribution >= 0.6 is 0 Å². The molecule has 1 aliphatic rings. The summed E-state index contributed by atoms with van der Waals surface area (Å²) in [4.78, 5) is 14.7. The number of carbonyl (C=O) groups is 1. The van der Waals surface area contributed by atoms with Crippen molar-refractivity contribution in [1.29, 1.82) is 0 Å². The number of ketones is 1. The molecule has 0 bridgehead atoms. The van der Waals surface area contributed by atoms with Crippen molar-refractivity contribution in [2.45, 2.75) is 6.42 Å². The van der Waals surface area contributed by atoms with E-state index in [0.717, 1.165) is 28.7 Å². The van der Waals surface area contributed by atoms with Crippen molar-refractivity contribution in [1.82, 2.24) is 4.98 Å². The van der Waals surface area contributed by atoms with E-state index in [0.29, 0.717) is 6.42 Å². The third-order valence-corrected chi connectivity index (χ3v) is 2.69. The van der Waals surface area contributed by atoms with Gasteiger partial charge in [-0.25, -0.2) is 0 Å². The van der Waals surface area contributed by atoms with Gasteiger partial charge in [-0.3, -0.25) is 4.79 Å². The largest absolute Gasteiger partial charge is 0.383 e. The molecule has 0 amide bonds. The number of rotatable bonds is 0. The quantitative estimate of drug-likeness (QED) is 0.662. The number of carbonyl (C=O) groups excluding carboxylic acids is 1. The normalized spacial score (nSPS) is 15.3. The highest BCUT2D eigenvalue weighted by atomic mass is 16.1. The first-order valence-electron chi connectivity index (χ1n) is 4.73. The van der Waals surface area contributed by atoms with E-state index in [4.69, 9.17) is 0 Å². The molecule has 2 heterocycles. The molecule has 0 unspecified atom stereocenters. The lowest BCUT2D eigenvalue weighted by Gasteiger charge is -2.17. The Morgan fingerprint density at radius 1 is 1.21 bits per heavy atom. The summed E-state index contributed by atoms with van der Waals surface area (Å²) in [6, 6.07) is 5.85. The first-order chi connectivity index (χ1) is 6.86. The maximum absolute atomic E-state index is 11.6. The fraction of sp³-hybridized carbons (Fsp3) is 0.182. The predicted molar refractivity (Wildman–Crippen MR) is 55.7 cm³/mol. The van der Waals surface area contributed by atoms with Gasteiger partial charge in [-0.2, -0.15) is 0 Å². The number of fused-ring (bicyclic) bond motifs is 3. The lowest BCUT2D eigenvalue weighted by atomic mass is 10.00. The van der Waals surface area contributed by atoms with Crippen LogP contribution in [0, 0.1) is 0 Å². The van der Waals surface area contributed by atoms with E-state index in [2.05, 4.69) is 10.3 Å². The average Bonchev–Trinajstić information content (AvgIpc) is 2.66. The van der Waals surface area contributed by atoms with Gasteiger partial charge in [0.1, 0.15) is 0 Å². The molecular formula is C11H10N2O. The van der Waals surface area contributed by atoms with Gasteiger partial charge in [-0.1, -0.05) is 0 Å². The Bertz CT molecular complexity index is 513. The van der Waals surface area contributed by atoms with Crippen molar-refractivity contribution in [3.05, 3.63) is 30.0 Å². The molecule has 3 heteroatoms. The molecule has 70 valence electrons. The van der Waals surface area contributed by atoms with Crippen LogP contribution in [0.4, 0.5) is 5.69 Å². The highest BCUT2D eigenvalue weighted by Gasteiger charge is 2.18. The number of benzene rings is 1. The molecule has 0 spiro atoms. The minimum Gasteiger partial charge on any atom is -0.383 e. The number of aromatic nitrogens is 1. The second-order valence-electron chi connectivity index (χ2n) is 3.53. The lowest BCUT2D eigenvalue weighted by molar-refractivity contribution is 0.0984. The Hall–Kier alpha value is -1.77. The zero-order valence-electron chi connectivity index (χ0n) is 7.63. The summed E-state index contributed by atoms with van der Waals surface area (Å²) in [5.41, 5.74) is 2.88. The summed E-state index contributed by atoms with van der Waals surface area (Å²) in [5.74, 6) is 0.238. The number of hydrogen-bond acceptors (Lipinski definition) is 2. The Kier molecular flexibility index (Phi) is 1.42. The standard InChI is InChI=1S/C11H10N2O/c14-10-4-6-13-11-7-3-5-12-9(7)2-1-8(10)11/h1-3,5,12-13H,4,6H2. The van der Waals surface area contributed by atoms with E-state index in [1.807, 2.05) is 24.4 Å². The van der Waals surface area contributed by atoms with Crippen LogP contribution in [0.3, 0.4) is 0 Å². The minimum absolute atomic E-state index is 0.238. The molecule has 0 fully saturated rings. The molecule has 0 saturated carbocycles. The van der Waals surface area contributed by atoms with Gasteiger partial charge in [-0.05, 0) is 18.2 Å². The van der Waals surface area contributed by atoms with Gasteiger partial charge < -0.3 is 10.3 Å². The minimum atomic E-state index is 0.238. The van der Waals surface area contributed by atoms with Crippen molar-refractivity contribution in [2.24, 2.45) is 0 Å². The monoisotopic (exact) mass is 186 g/mol. The SMILES string of the molecule is O=C1CCNc2c1ccc1[nH]ccc21. The molecular weight excluding hydrogens is 176 g/mol. The molecule has 0 saturated heterocycles. The van der Waals surface area contributed by atoms with Crippen molar-refractivity contribution in [3.63, 3.8) is 0 Å². The smallest absolute Gasteiger partial charge is 0.166 e. The van der Waals surface area contributed by atoms with Crippen molar-refractivity contribution >= 4 is 22.4 Å². The van der Waals surface area contributed by atoms with Crippen LogP contribution in [-0.2, 0) is 0 Å². The molecule has 2 N–H and O–H groups in total. The van der Waals surface area contributed by atoms with Gasteiger partial charge in [0.05, 0.1) is 5.69 Å². The molecule has 0 aliphatic carbocycles. The van der Waals surface area contributed by atoms with E-state index < -0.39 is 0 Å². The second kappa shape index (κ2) is 2.61. The summed E-state index contributed by atoms with van der Waals surface area (Å²) in [5, 5.41) is 4.39. The van der Waals surface area contributed by atoms with Crippen molar-refractivity contribution < 1.29 is 4.79 Å². The molecule has 1 aromatic heterocycles. The predicted octanol–water partition coefficient (Wildman–Crippen LogP) is 2.17. The van der Waals surface area contributed by atoms with E-state index in [1.54, 1.807) is 0 Å². The third kappa shape index (κ3) is 0.894. The van der Waals surface area contributed by atoms with Gasteiger partial charge in [0.15, 0.2) is 5.78 Å². The number of Topliss-reactive ketones (excluding diaryl/α,β-unsaturated/α-hetero) is 1. The first kappa shape index (κ1) is 7.62. The molecule has 3 nitrogen and oxygen atoms in total. The van der Waals surface area contributed by atoms with Crippen LogP contribution in [0.2, 0.25) is 0 Å². The fourth-order valence-corrected chi connectivity index (χ4v) is 1.99. The summed E-state index contributed by atoms with van der Waals surface area (Å²) < 4.78 is 0. The van der Waals surface area contributed by atoms with Gasteiger partial charge in [0.25, 0.3) is 0 Å². The van der Waals surface area contributed by atoms with E-state index >= 15 is 0 Å². The van der Waals surface area contributed by atoms with Crippen LogP contribution in [-0.4, -0.2) is 17.3 Å². The Labute approximate surface area is 81.1 Å². The maximum atomic E-state index is 11.6. The van der Waals surface area contributed by atoms with Gasteiger partial charge in [-0.15, -0.1) is 0 Å². The fourth-order valence-electron chi connectivity index (χ4n) is 1.99. The maximum Gasteiger partial charge on any atom is 0.166 e. The molecule has 0 radical (unpaired) electrons. The van der Waals surface area contributed by atoms with E-state index in [-0.39, 0.29) is 5.78 Å². The number of aromatic amines is 1. The highest BCUT2D eigenvalue weighted by molar-refractivity contribution is 6.10. The zero-order chi connectivity index (χ0) is 9.54. The number of nitrogens with one attached hydrogen (secondary N) is 2. The highest BCUT2D eigenvalue weighted by Crippen LogP contribution is 2.30. The lowest BCUT2D eigenvalue weighted by Crippen LogP contribution is -2.17. The third-order valence-electron chi connectivity index (χ3n) is 2.69. The van der Waals surface area contributed by atoms with Crippen molar-refractivity contribution in [3.8, 4) is 0 Å². The van der Waals surface area contributed by atoms with Crippen molar-refractivity contribution in [2.75, 3.05) is 11.9 Å². The number of anilines is 1. The van der Waals surface area contributed by atoms with Crippen LogP contribution in [0.1, 0.15) is 16.8 Å². The Balaban J connectivity index is 2.38. The number of H-pyrrole nitrogens is 1. The van der Waals surface area contributed by atoms with E-state index in [1.165, 1.54) is 0 Å². The summed E-state index contributed by atoms with van der Waals surface area (Å²) in [6.07, 6.45) is 2.49. The molecule has 0 atom stereocenters. The summed E-state index contributed by atoms with van der Waals surface area (Å²) >= 11 is 0. The first-order valence-corrected chi connectivity index (χ1v) is 4.73. The Morgan fingerprint density at radius 2 is 2.14 bits per heavy atom. The summed E-state index contributed by atoms with van der Waals surface area (Å²) in [6.45, 7) is 0.746. The zero-order valence-corrected chi connectivity index (χ0v) is 7.63. The van der Waals surface area contributed by atoms with Gasteiger partial charge >= 0.3 is 0 Å². The molecule has 14 heavy (non-hydrogen) atoms. The van der Waals surface area contributed by atoms with Crippen LogP contribution < -0.4 is 5.32 Å². The average molecular weight is 186 g/mol. The van der Waals surface area contributed by atoms with E-state index in [9.17, 15) is 4.79 Å². The molecule has 3 rings (SSSR count). The molecule has 1 aliphatic heterocycles. The van der Waals surface area contributed by atoms with Crippen LogP contribution in [0.25, 0.3) is 10.9 Å². The molecule has 2 aromatic rings.